The lowest BCUT2D eigenvalue weighted by molar-refractivity contribution is 0.521. The van der Waals surface area contributed by atoms with E-state index in [0.717, 1.165) is 43.1 Å². The molecule has 0 radical (unpaired) electrons. The fourth-order valence-electron chi connectivity index (χ4n) is 3.05. The summed E-state index contributed by atoms with van der Waals surface area (Å²) in [5.41, 5.74) is 1.59. The Morgan fingerprint density at radius 1 is 1.22 bits per heavy atom. The second-order valence-electron chi connectivity index (χ2n) is 6.32. The van der Waals surface area contributed by atoms with E-state index in [1.807, 2.05) is 30.3 Å². The zero-order valence-electron chi connectivity index (χ0n) is 13.4. The Morgan fingerprint density at radius 3 is 2.78 bits per heavy atom. The van der Waals surface area contributed by atoms with Crippen LogP contribution in [0, 0.1) is 5.92 Å². The van der Waals surface area contributed by atoms with E-state index in [1.54, 1.807) is 6.20 Å². The number of benzene rings is 1. The molecule has 0 amide bonds. The molecule has 0 saturated carbocycles. The largest absolute Gasteiger partial charge is 0.369 e. The van der Waals surface area contributed by atoms with Crippen molar-refractivity contribution in [3.63, 3.8) is 0 Å². The third-order valence-corrected chi connectivity index (χ3v) is 4.85. The Hall–Kier alpha value is -1.81. The van der Waals surface area contributed by atoms with Crippen LogP contribution in [-0.2, 0) is 6.54 Å². The fraction of sp³-hybridized carbons (Fsp3) is 0.444. The molecular formula is C18H22ClN3O. The molecule has 0 bridgehead atoms. The first-order valence-corrected chi connectivity index (χ1v) is 8.57. The van der Waals surface area contributed by atoms with E-state index in [4.69, 9.17) is 11.6 Å². The Labute approximate surface area is 141 Å². The van der Waals surface area contributed by atoms with Gasteiger partial charge in [-0.1, -0.05) is 48.9 Å². The van der Waals surface area contributed by atoms with Crippen LogP contribution in [0.4, 0.5) is 5.69 Å². The number of halogens is 1. The van der Waals surface area contributed by atoms with Gasteiger partial charge < -0.3 is 4.90 Å². The van der Waals surface area contributed by atoms with Gasteiger partial charge in [0.25, 0.3) is 5.56 Å². The van der Waals surface area contributed by atoms with Crippen molar-refractivity contribution in [3.05, 3.63) is 57.5 Å². The van der Waals surface area contributed by atoms with Crippen LogP contribution in [0.5, 0.6) is 0 Å². The third kappa shape index (κ3) is 3.75. The van der Waals surface area contributed by atoms with Crippen LogP contribution in [0.1, 0.15) is 31.7 Å². The molecule has 1 saturated heterocycles. The molecule has 0 N–H and O–H groups in total. The highest BCUT2D eigenvalue weighted by molar-refractivity contribution is 6.33. The predicted octanol–water partition coefficient (Wildman–Crippen LogP) is 3.57. The molecule has 1 aliphatic heterocycles. The monoisotopic (exact) mass is 331 g/mol. The Balaban J connectivity index is 1.84. The van der Waals surface area contributed by atoms with Crippen molar-refractivity contribution < 1.29 is 0 Å². The summed E-state index contributed by atoms with van der Waals surface area (Å²) in [4.78, 5) is 14.7. The predicted molar refractivity (Wildman–Crippen MR) is 94.3 cm³/mol. The van der Waals surface area contributed by atoms with Crippen LogP contribution >= 0.6 is 11.6 Å². The van der Waals surface area contributed by atoms with Crippen LogP contribution in [0.25, 0.3) is 0 Å². The highest BCUT2D eigenvalue weighted by Crippen LogP contribution is 2.26. The first-order valence-electron chi connectivity index (χ1n) is 8.19. The van der Waals surface area contributed by atoms with Crippen LogP contribution in [-0.4, -0.2) is 22.9 Å². The van der Waals surface area contributed by atoms with Gasteiger partial charge in [-0.15, -0.1) is 0 Å². The minimum absolute atomic E-state index is 0.217. The smallest absolute Gasteiger partial charge is 0.287 e. The van der Waals surface area contributed by atoms with Crippen molar-refractivity contribution in [2.45, 2.75) is 32.7 Å². The molecule has 2 aromatic rings. The van der Waals surface area contributed by atoms with Crippen LogP contribution < -0.4 is 10.5 Å². The maximum absolute atomic E-state index is 12.5. The van der Waals surface area contributed by atoms with E-state index in [0.29, 0.717) is 6.54 Å². The number of hydrogen-bond acceptors (Lipinski definition) is 3. The molecule has 1 aromatic carbocycles. The summed E-state index contributed by atoms with van der Waals surface area (Å²) >= 11 is 6.37. The number of hydrogen-bond donors (Lipinski definition) is 0. The van der Waals surface area contributed by atoms with E-state index in [-0.39, 0.29) is 10.6 Å². The fourth-order valence-corrected chi connectivity index (χ4v) is 3.32. The second kappa shape index (κ2) is 7.18. The summed E-state index contributed by atoms with van der Waals surface area (Å²) in [7, 11) is 0. The first-order chi connectivity index (χ1) is 11.1. The van der Waals surface area contributed by atoms with Crippen LogP contribution in [0.2, 0.25) is 5.02 Å². The molecular weight excluding hydrogens is 310 g/mol. The average molecular weight is 332 g/mol. The molecule has 1 atom stereocenters. The lowest BCUT2D eigenvalue weighted by atomic mass is 10.0. The summed E-state index contributed by atoms with van der Waals surface area (Å²) in [5, 5.41) is 4.62. The van der Waals surface area contributed by atoms with Gasteiger partial charge in [-0.2, -0.15) is 5.10 Å². The molecule has 3 rings (SSSR count). The lowest BCUT2D eigenvalue weighted by Crippen LogP contribution is -2.30. The zero-order valence-corrected chi connectivity index (χ0v) is 14.2. The van der Waals surface area contributed by atoms with Crippen LogP contribution in [0.15, 0.2) is 41.3 Å². The van der Waals surface area contributed by atoms with Crippen molar-refractivity contribution in [1.82, 2.24) is 9.78 Å². The zero-order chi connectivity index (χ0) is 16.2. The Kier molecular flexibility index (Phi) is 5.01. The van der Waals surface area contributed by atoms with E-state index < -0.39 is 0 Å². The van der Waals surface area contributed by atoms with Gasteiger partial charge >= 0.3 is 0 Å². The van der Waals surface area contributed by atoms with Crippen molar-refractivity contribution in [3.8, 4) is 0 Å². The summed E-state index contributed by atoms with van der Waals surface area (Å²) in [5.74, 6) is 0.727. The van der Waals surface area contributed by atoms with Gasteiger partial charge in [0.05, 0.1) is 18.4 Å². The molecule has 2 heterocycles. The van der Waals surface area contributed by atoms with E-state index in [9.17, 15) is 4.79 Å². The van der Waals surface area contributed by atoms with Gasteiger partial charge in [-0.05, 0) is 30.7 Å². The van der Waals surface area contributed by atoms with Gasteiger partial charge in [-0.3, -0.25) is 4.79 Å². The molecule has 0 aliphatic carbocycles. The third-order valence-electron chi connectivity index (χ3n) is 4.50. The standard InChI is InChI=1S/C18H22ClN3O/c1-14-6-5-10-21(11-9-14)16-12-20-22(18(23)17(16)19)13-15-7-3-2-4-8-15/h2-4,7-8,12,14H,5-6,9-11,13H2,1H3/t14-/m1/s1. The number of anilines is 1. The van der Waals surface area contributed by atoms with Crippen molar-refractivity contribution in [2.24, 2.45) is 5.92 Å². The molecule has 23 heavy (non-hydrogen) atoms. The van der Waals surface area contributed by atoms with E-state index in [1.165, 1.54) is 11.1 Å². The highest BCUT2D eigenvalue weighted by Gasteiger charge is 2.19. The number of rotatable bonds is 3. The molecule has 122 valence electrons. The minimum atomic E-state index is -0.217. The van der Waals surface area contributed by atoms with E-state index in [2.05, 4.69) is 16.9 Å². The Bertz CT molecular complexity index is 714. The number of aromatic nitrogens is 2. The summed E-state index contributed by atoms with van der Waals surface area (Å²) in [6, 6.07) is 9.82. The molecule has 1 aromatic heterocycles. The second-order valence-corrected chi connectivity index (χ2v) is 6.69. The summed E-state index contributed by atoms with van der Waals surface area (Å²) in [6.07, 6.45) is 5.23. The molecule has 0 spiro atoms. The van der Waals surface area contributed by atoms with Gasteiger partial charge in [0.1, 0.15) is 5.02 Å². The molecule has 1 fully saturated rings. The molecule has 1 aliphatic rings. The topological polar surface area (TPSA) is 38.1 Å². The van der Waals surface area contributed by atoms with Gasteiger partial charge in [0, 0.05) is 13.1 Å². The maximum atomic E-state index is 12.5. The maximum Gasteiger partial charge on any atom is 0.287 e. The SMILES string of the molecule is C[C@@H]1CCCN(c2cnn(Cc3ccccc3)c(=O)c2Cl)CC1. The summed E-state index contributed by atoms with van der Waals surface area (Å²) in [6.45, 7) is 4.59. The Morgan fingerprint density at radius 2 is 2.00 bits per heavy atom. The quantitative estimate of drug-likeness (QED) is 0.863. The lowest BCUT2D eigenvalue weighted by Gasteiger charge is -2.23. The molecule has 5 heteroatoms. The normalized spacial score (nSPS) is 18.7. The van der Waals surface area contributed by atoms with Crippen molar-refractivity contribution in [2.75, 3.05) is 18.0 Å². The van der Waals surface area contributed by atoms with Crippen LogP contribution in [0.3, 0.4) is 0 Å². The van der Waals surface area contributed by atoms with Gasteiger partial charge in [-0.25, -0.2) is 4.68 Å². The average Bonchev–Trinajstić information content (AvgIpc) is 2.78. The first kappa shape index (κ1) is 16.1. The van der Waals surface area contributed by atoms with Gasteiger partial charge in [0.2, 0.25) is 0 Å². The minimum Gasteiger partial charge on any atom is -0.369 e. The van der Waals surface area contributed by atoms with Crippen molar-refractivity contribution in [1.29, 1.82) is 0 Å². The summed E-state index contributed by atoms with van der Waals surface area (Å²) < 4.78 is 1.43. The van der Waals surface area contributed by atoms with Gasteiger partial charge in [0.15, 0.2) is 0 Å². The molecule has 4 nitrogen and oxygen atoms in total. The van der Waals surface area contributed by atoms with E-state index >= 15 is 0 Å². The number of nitrogens with zero attached hydrogens (tertiary/aromatic N) is 3. The van der Waals surface area contributed by atoms with Crippen molar-refractivity contribution >= 4 is 17.3 Å². The molecule has 0 unspecified atom stereocenters. The highest BCUT2D eigenvalue weighted by atomic mass is 35.5.